The van der Waals surface area contributed by atoms with Crippen molar-refractivity contribution < 1.29 is 4.79 Å². The van der Waals surface area contributed by atoms with E-state index < -0.39 is 0 Å². The lowest BCUT2D eigenvalue weighted by atomic mass is 10.00. The van der Waals surface area contributed by atoms with Gasteiger partial charge in [0.2, 0.25) is 5.91 Å². The smallest absolute Gasteiger partial charge is 0.227 e. The predicted octanol–water partition coefficient (Wildman–Crippen LogP) is 2.97. The number of amides is 1. The summed E-state index contributed by atoms with van der Waals surface area (Å²) in [6.45, 7) is 6.07. The van der Waals surface area contributed by atoms with Gasteiger partial charge in [0.05, 0.1) is 12.1 Å². The Labute approximate surface area is 117 Å². The molecule has 5 heteroatoms. The minimum atomic E-state index is 0.265. The second-order valence-corrected chi connectivity index (χ2v) is 7.09. The molecule has 18 heavy (non-hydrogen) atoms. The number of carbonyl (C=O) groups excluding carboxylic acids is 1. The number of hydrogen-bond donors (Lipinski definition) is 0. The second-order valence-electron chi connectivity index (χ2n) is 4.96. The molecule has 1 aliphatic rings. The molecule has 1 unspecified atom stereocenters. The lowest BCUT2D eigenvalue weighted by molar-refractivity contribution is -0.132. The van der Waals surface area contributed by atoms with E-state index in [1.165, 1.54) is 6.42 Å². The van der Waals surface area contributed by atoms with Crippen molar-refractivity contribution in [2.75, 3.05) is 19.3 Å². The summed E-state index contributed by atoms with van der Waals surface area (Å²) in [6, 6.07) is 0. The highest BCUT2D eigenvalue weighted by Gasteiger charge is 2.22. The molecule has 1 aromatic rings. The number of carbonyl (C=O) groups is 1. The minimum absolute atomic E-state index is 0.265. The molecule has 1 amide bonds. The van der Waals surface area contributed by atoms with Crippen molar-refractivity contribution in [3.05, 3.63) is 10.6 Å². The van der Waals surface area contributed by atoms with Crippen LogP contribution in [0.2, 0.25) is 0 Å². The summed E-state index contributed by atoms with van der Waals surface area (Å²) in [6.07, 6.45) is 4.94. The largest absolute Gasteiger partial charge is 0.342 e. The van der Waals surface area contributed by atoms with E-state index in [-0.39, 0.29) is 5.91 Å². The van der Waals surface area contributed by atoms with Gasteiger partial charge in [-0.1, -0.05) is 18.7 Å². The van der Waals surface area contributed by atoms with Crippen molar-refractivity contribution in [3.8, 4) is 0 Å². The van der Waals surface area contributed by atoms with Crippen LogP contribution in [-0.4, -0.2) is 35.1 Å². The fourth-order valence-corrected chi connectivity index (χ4v) is 3.96. The van der Waals surface area contributed by atoms with E-state index >= 15 is 0 Å². The van der Waals surface area contributed by atoms with Gasteiger partial charge in [0.15, 0.2) is 0 Å². The highest BCUT2D eigenvalue weighted by molar-refractivity contribution is 8.00. The van der Waals surface area contributed by atoms with Crippen LogP contribution in [0.15, 0.2) is 4.34 Å². The molecule has 1 saturated heterocycles. The van der Waals surface area contributed by atoms with Gasteiger partial charge in [-0.05, 0) is 31.9 Å². The molecule has 0 aromatic carbocycles. The third kappa shape index (κ3) is 3.26. The maximum absolute atomic E-state index is 12.3. The Morgan fingerprint density at radius 1 is 1.61 bits per heavy atom. The number of piperidine rings is 1. The van der Waals surface area contributed by atoms with E-state index in [9.17, 15) is 4.79 Å². The molecule has 0 spiro atoms. The summed E-state index contributed by atoms with van der Waals surface area (Å²) < 4.78 is 1.06. The SMILES string of the molecule is CSc1nc(C)c(CC(=O)N2CCCC(C)C2)s1. The molecule has 1 atom stereocenters. The summed E-state index contributed by atoms with van der Waals surface area (Å²) in [5.74, 6) is 0.910. The fraction of sp³-hybridized carbons (Fsp3) is 0.692. The van der Waals surface area contributed by atoms with Gasteiger partial charge in [0, 0.05) is 18.0 Å². The molecule has 2 heterocycles. The minimum Gasteiger partial charge on any atom is -0.342 e. The average Bonchev–Trinajstić information content (AvgIpc) is 2.70. The Morgan fingerprint density at radius 2 is 2.39 bits per heavy atom. The lowest BCUT2D eigenvalue weighted by Gasteiger charge is -2.30. The van der Waals surface area contributed by atoms with E-state index in [1.807, 2.05) is 18.1 Å². The van der Waals surface area contributed by atoms with E-state index in [1.54, 1.807) is 23.1 Å². The van der Waals surface area contributed by atoms with Crippen LogP contribution in [0.1, 0.15) is 30.3 Å². The molecule has 0 saturated carbocycles. The summed E-state index contributed by atoms with van der Waals surface area (Å²) in [5, 5.41) is 0. The van der Waals surface area contributed by atoms with Crippen LogP contribution >= 0.6 is 23.1 Å². The number of nitrogens with zero attached hydrogens (tertiary/aromatic N) is 2. The first kappa shape index (κ1) is 13.9. The molecular formula is C13H20N2OS2. The van der Waals surface area contributed by atoms with Gasteiger partial charge in [0.1, 0.15) is 4.34 Å². The Hall–Kier alpha value is -0.550. The van der Waals surface area contributed by atoms with Crippen LogP contribution in [-0.2, 0) is 11.2 Å². The molecule has 1 aliphatic heterocycles. The Morgan fingerprint density at radius 3 is 3.00 bits per heavy atom. The number of aryl methyl sites for hydroxylation is 1. The summed E-state index contributed by atoms with van der Waals surface area (Å²) in [7, 11) is 0. The Balaban J connectivity index is 1.99. The third-order valence-electron chi connectivity index (χ3n) is 3.37. The van der Waals surface area contributed by atoms with E-state index in [4.69, 9.17) is 0 Å². The average molecular weight is 284 g/mol. The lowest BCUT2D eigenvalue weighted by Crippen LogP contribution is -2.39. The van der Waals surface area contributed by atoms with Crippen LogP contribution in [0, 0.1) is 12.8 Å². The summed E-state index contributed by atoms with van der Waals surface area (Å²) in [4.78, 5) is 19.9. The van der Waals surface area contributed by atoms with Gasteiger partial charge in [0.25, 0.3) is 0 Å². The van der Waals surface area contributed by atoms with E-state index in [0.717, 1.165) is 34.4 Å². The zero-order valence-corrected chi connectivity index (χ0v) is 12.9. The van der Waals surface area contributed by atoms with Gasteiger partial charge < -0.3 is 4.90 Å². The first-order chi connectivity index (χ1) is 8.60. The van der Waals surface area contributed by atoms with Gasteiger partial charge >= 0.3 is 0 Å². The summed E-state index contributed by atoms with van der Waals surface area (Å²) in [5.41, 5.74) is 1.02. The molecule has 1 fully saturated rings. The molecule has 0 radical (unpaired) electrons. The van der Waals surface area contributed by atoms with Crippen molar-refractivity contribution in [2.45, 2.75) is 37.4 Å². The Kier molecular flexibility index (Phi) is 4.67. The molecule has 0 bridgehead atoms. The molecule has 0 aliphatic carbocycles. The van der Waals surface area contributed by atoms with Crippen LogP contribution in [0.25, 0.3) is 0 Å². The highest BCUT2D eigenvalue weighted by Crippen LogP contribution is 2.26. The number of likely N-dealkylation sites (tertiary alicyclic amines) is 1. The Bertz CT molecular complexity index is 431. The van der Waals surface area contributed by atoms with Gasteiger partial charge in [-0.25, -0.2) is 4.98 Å². The molecule has 0 N–H and O–H groups in total. The fourth-order valence-electron chi connectivity index (χ4n) is 2.32. The maximum Gasteiger partial charge on any atom is 0.227 e. The molecule has 1 aromatic heterocycles. The van der Waals surface area contributed by atoms with E-state index in [0.29, 0.717) is 12.3 Å². The quantitative estimate of drug-likeness (QED) is 0.800. The summed E-state index contributed by atoms with van der Waals surface area (Å²) >= 11 is 3.31. The molecule has 2 rings (SSSR count). The zero-order chi connectivity index (χ0) is 13.1. The predicted molar refractivity (Wildman–Crippen MR) is 77.3 cm³/mol. The van der Waals surface area contributed by atoms with Crippen molar-refractivity contribution in [1.29, 1.82) is 0 Å². The number of thioether (sulfide) groups is 1. The van der Waals surface area contributed by atoms with Gasteiger partial charge in [-0.2, -0.15) is 0 Å². The third-order valence-corrected chi connectivity index (χ3v) is 5.51. The van der Waals surface area contributed by atoms with Crippen molar-refractivity contribution in [2.24, 2.45) is 5.92 Å². The molecule has 3 nitrogen and oxygen atoms in total. The highest BCUT2D eigenvalue weighted by atomic mass is 32.2. The van der Waals surface area contributed by atoms with E-state index in [2.05, 4.69) is 11.9 Å². The zero-order valence-electron chi connectivity index (χ0n) is 11.2. The van der Waals surface area contributed by atoms with Crippen LogP contribution < -0.4 is 0 Å². The van der Waals surface area contributed by atoms with Gasteiger partial charge in [-0.15, -0.1) is 11.3 Å². The van der Waals surface area contributed by atoms with Crippen LogP contribution in [0.5, 0.6) is 0 Å². The van der Waals surface area contributed by atoms with Crippen LogP contribution in [0.3, 0.4) is 0 Å². The monoisotopic (exact) mass is 284 g/mol. The van der Waals surface area contributed by atoms with Crippen molar-refractivity contribution in [3.63, 3.8) is 0 Å². The molecular weight excluding hydrogens is 264 g/mol. The number of rotatable bonds is 3. The normalized spacial score (nSPS) is 20.2. The first-order valence-electron chi connectivity index (χ1n) is 6.38. The van der Waals surface area contributed by atoms with Gasteiger partial charge in [-0.3, -0.25) is 4.79 Å². The standard InChI is InChI=1S/C13H20N2OS2/c1-9-5-4-6-15(8-9)12(16)7-11-10(2)14-13(17-3)18-11/h9H,4-8H2,1-3H3. The van der Waals surface area contributed by atoms with Crippen molar-refractivity contribution >= 4 is 29.0 Å². The maximum atomic E-state index is 12.3. The number of hydrogen-bond acceptors (Lipinski definition) is 4. The van der Waals surface area contributed by atoms with Crippen LogP contribution in [0.4, 0.5) is 0 Å². The second kappa shape index (κ2) is 6.06. The first-order valence-corrected chi connectivity index (χ1v) is 8.42. The number of thiazole rings is 1. The van der Waals surface area contributed by atoms with Crippen molar-refractivity contribution in [1.82, 2.24) is 9.88 Å². The number of aromatic nitrogens is 1. The topological polar surface area (TPSA) is 33.2 Å². The molecule has 100 valence electrons.